The molecular formula is C52H91NO18. The van der Waals surface area contributed by atoms with Crippen LogP contribution >= 0.6 is 0 Å². The number of allylic oxidation sites excluding steroid dienone is 7. The molecule has 3 saturated heterocycles. The van der Waals surface area contributed by atoms with Gasteiger partial charge < -0.3 is 89.9 Å². The van der Waals surface area contributed by atoms with Gasteiger partial charge in [-0.05, 0) is 57.8 Å². The van der Waals surface area contributed by atoms with Crippen molar-refractivity contribution in [3.8, 4) is 0 Å². The first kappa shape index (κ1) is 63.0. The second-order valence-corrected chi connectivity index (χ2v) is 19.0. The number of hydrogen-bond donors (Lipinski definition) is 12. The van der Waals surface area contributed by atoms with E-state index in [-0.39, 0.29) is 18.9 Å². The quantitative estimate of drug-likeness (QED) is 0.0317. The molecule has 17 unspecified atom stereocenters. The lowest BCUT2D eigenvalue weighted by Gasteiger charge is -2.48. The van der Waals surface area contributed by atoms with Crippen LogP contribution in [0.15, 0.2) is 48.6 Å². The highest BCUT2D eigenvalue weighted by atomic mass is 16.8. The summed E-state index contributed by atoms with van der Waals surface area (Å²) in [7, 11) is 0. The molecule has 12 N–H and O–H groups in total. The van der Waals surface area contributed by atoms with Gasteiger partial charge in [0.2, 0.25) is 5.91 Å². The van der Waals surface area contributed by atoms with Crippen molar-refractivity contribution in [3.63, 3.8) is 0 Å². The molecule has 19 nitrogen and oxygen atoms in total. The van der Waals surface area contributed by atoms with E-state index < -0.39 is 124 Å². The van der Waals surface area contributed by atoms with Crippen molar-refractivity contribution >= 4 is 5.91 Å². The van der Waals surface area contributed by atoms with E-state index in [4.69, 9.17) is 28.4 Å². The van der Waals surface area contributed by atoms with Gasteiger partial charge in [0.15, 0.2) is 18.9 Å². The lowest BCUT2D eigenvalue weighted by Crippen LogP contribution is -2.66. The van der Waals surface area contributed by atoms with Gasteiger partial charge in [-0.3, -0.25) is 4.79 Å². The third kappa shape index (κ3) is 22.2. The smallest absolute Gasteiger partial charge is 0.220 e. The summed E-state index contributed by atoms with van der Waals surface area (Å²) in [5.41, 5.74) is 0. The van der Waals surface area contributed by atoms with Crippen molar-refractivity contribution in [2.45, 2.75) is 247 Å². The summed E-state index contributed by atoms with van der Waals surface area (Å²) in [6.45, 7) is 1.56. The lowest BCUT2D eigenvalue weighted by molar-refractivity contribution is -0.379. The summed E-state index contributed by atoms with van der Waals surface area (Å²) in [5.74, 6) is -0.305. The summed E-state index contributed by atoms with van der Waals surface area (Å²) >= 11 is 0. The highest BCUT2D eigenvalue weighted by Gasteiger charge is 2.53. The van der Waals surface area contributed by atoms with E-state index in [1.807, 2.05) is 6.08 Å². The minimum absolute atomic E-state index is 0.217. The Morgan fingerprint density at radius 3 is 1.55 bits per heavy atom. The van der Waals surface area contributed by atoms with Crippen molar-refractivity contribution in [1.82, 2.24) is 5.32 Å². The number of carbonyl (C=O) groups excluding carboxylic acids is 1. The standard InChI is InChI=1S/C52H91NO18/c1-3-5-7-9-11-13-15-17-19-21-23-25-27-29-36(57)35(53-40(58)30-28-26-24-22-20-18-16-14-12-10-8-6-4-2)34-66-50-46(64)43(61)48(38(32-55)68-50)71-52-47(65)44(62)49(39(33-56)69-52)70-51-45(63)42(60)41(59)37(31-54)67-51/h8,10,14,16,19,21,27,29,35-39,41-52,54-57,59-65H,3-7,9,11-13,15,17-18,20,22-26,28,30-34H2,1-2H3,(H,53,58)/b10-8-,16-14-,21-19+,29-27+. The Labute approximate surface area is 421 Å². The fourth-order valence-corrected chi connectivity index (χ4v) is 8.65. The number of hydrogen-bond acceptors (Lipinski definition) is 18. The van der Waals surface area contributed by atoms with E-state index in [1.165, 1.54) is 38.5 Å². The van der Waals surface area contributed by atoms with E-state index in [0.29, 0.717) is 12.8 Å². The molecule has 19 heteroatoms. The SMILES string of the molecule is CCC/C=C\C/C=C\CCCCCCCC(=O)NC(COC1OC(CO)C(OC2OC(CO)C(OC3OC(CO)C(O)C(O)C3O)C(O)C2O)C(O)C1O)C(O)/C=C/CC/C=C/CCCCCCCCC. The Bertz CT molecular complexity index is 1500. The Kier molecular flexibility index (Phi) is 32.5. The number of ether oxygens (including phenoxy) is 6. The van der Waals surface area contributed by atoms with Crippen molar-refractivity contribution in [1.29, 1.82) is 0 Å². The van der Waals surface area contributed by atoms with Crippen LogP contribution in [0.4, 0.5) is 0 Å². The first-order chi connectivity index (χ1) is 34.3. The second kappa shape index (κ2) is 36.7. The maximum absolute atomic E-state index is 13.2. The molecule has 0 aromatic carbocycles. The molecule has 0 saturated carbocycles. The topological polar surface area (TPSA) is 307 Å². The monoisotopic (exact) mass is 1020 g/mol. The lowest BCUT2D eigenvalue weighted by atomic mass is 9.96. The third-order valence-corrected chi connectivity index (χ3v) is 13.1. The van der Waals surface area contributed by atoms with E-state index in [9.17, 15) is 61.0 Å². The molecule has 17 atom stereocenters. The fourth-order valence-electron chi connectivity index (χ4n) is 8.65. The van der Waals surface area contributed by atoms with Gasteiger partial charge in [0.05, 0.1) is 38.6 Å². The molecule has 3 rings (SSSR count). The Balaban J connectivity index is 1.58. The molecule has 3 aliphatic rings. The maximum atomic E-state index is 13.2. The van der Waals surface area contributed by atoms with Crippen molar-refractivity contribution in [2.75, 3.05) is 26.4 Å². The van der Waals surface area contributed by atoms with Crippen LogP contribution in [-0.4, -0.2) is 193 Å². The molecule has 0 bridgehead atoms. The number of aliphatic hydroxyl groups is 11. The van der Waals surface area contributed by atoms with Gasteiger partial charge >= 0.3 is 0 Å². The summed E-state index contributed by atoms with van der Waals surface area (Å²) < 4.78 is 34.1. The Morgan fingerprint density at radius 2 is 0.972 bits per heavy atom. The zero-order valence-corrected chi connectivity index (χ0v) is 42.2. The Hall–Kier alpha value is -2.25. The van der Waals surface area contributed by atoms with Gasteiger partial charge in [0.25, 0.3) is 0 Å². The highest BCUT2D eigenvalue weighted by molar-refractivity contribution is 5.76. The van der Waals surface area contributed by atoms with Crippen LogP contribution in [0.25, 0.3) is 0 Å². The molecule has 1 amide bonds. The predicted octanol–water partition coefficient (Wildman–Crippen LogP) is 2.36. The van der Waals surface area contributed by atoms with Gasteiger partial charge in [-0.25, -0.2) is 0 Å². The van der Waals surface area contributed by atoms with Gasteiger partial charge in [-0.1, -0.05) is 127 Å². The number of carbonyl (C=O) groups is 1. The number of unbranched alkanes of at least 4 members (excludes halogenated alkanes) is 14. The van der Waals surface area contributed by atoms with Crippen LogP contribution < -0.4 is 5.32 Å². The zero-order chi connectivity index (χ0) is 52.0. The molecule has 3 heterocycles. The first-order valence-corrected chi connectivity index (χ1v) is 26.4. The molecule has 71 heavy (non-hydrogen) atoms. The molecule has 3 aliphatic heterocycles. The summed E-state index contributed by atoms with van der Waals surface area (Å²) in [4.78, 5) is 13.2. The van der Waals surface area contributed by atoms with Crippen LogP contribution in [0, 0.1) is 0 Å². The van der Waals surface area contributed by atoms with Crippen molar-refractivity contribution < 1.29 is 89.4 Å². The number of amides is 1. The molecular weight excluding hydrogens is 927 g/mol. The van der Waals surface area contributed by atoms with Crippen LogP contribution in [0.1, 0.15) is 142 Å². The van der Waals surface area contributed by atoms with Crippen molar-refractivity contribution in [3.05, 3.63) is 48.6 Å². The highest BCUT2D eigenvalue weighted by Crippen LogP contribution is 2.33. The Morgan fingerprint density at radius 1 is 0.507 bits per heavy atom. The van der Waals surface area contributed by atoms with E-state index in [0.717, 1.165) is 70.6 Å². The van der Waals surface area contributed by atoms with Crippen LogP contribution in [-0.2, 0) is 33.2 Å². The molecule has 0 spiro atoms. The minimum Gasteiger partial charge on any atom is -0.394 e. The van der Waals surface area contributed by atoms with E-state index in [2.05, 4.69) is 55.6 Å². The largest absolute Gasteiger partial charge is 0.394 e. The van der Waals surface area contributed by atoms with Gasteiger partial charge in [-0.2, -0.15) is 0 Å². The van der Waals surface area contributed by atoms with Gasteiger partial charge in [0, 0.05) is 6.42 Å². The fraction of sp³-hybridized carbons (Fsp3) is 0.827. The van der Waals surface area contributed by atoms with Gasteiger partial charge in [0.1, 0.15) is 73.2 Å². The third-order valence-electron chi connectivity index (χ3n) is 13.1. The average Bonchev–Trinajstić information content (AvgIpc) is 3.36. The summed E-state index contributed by atoms with van der Waals surface area (Å²) in [6, 6.07) is -0.995. The van der Waals surface area contributed by atoms with E-state index >= 15 is 0 Å². The van der Waals surface area contributed by atoms with Crippen LogP contribution in [0.5, 0.6) is 0 Å². The molecule has 0 aromatic heterocycles. The molecule has 0 aromatic rings. The number of nitrogens with one attached hydrogen (secondary N) is 1. The molecule has 0 aliphatic carbocycles. The zero-order valence-electron chi connectivity index (χ0n) is 42.2. The number of rotatable bonds is 36. The van der Waals surface area contributed by atoms with Crippen molar-refractivity contribution in [2.24, 2.45) is 0 Å². The minimum atomic E-state index is -1.98. The average molecular weight is 1020 g/mol. The second-order valence-electron chi connectivity index (χ2n) is 19.0. The summed E-state index contributed by atoms with van der Waals surface area (Å²) in [6.07, 6.45) is 9.72. The summed E-state index contributed by atoms with van der Waals surface area (Å²) in [5, 5.41) is 120. The van der Waals surface area contributed by atoms with E-state index in [1.54, 1.807) is 6.08 Å². The molecule has 3 fully saturated rings. The van der Waals surface area contributed by atoms with Crippen LogP contribution in [0.2, 0.25) is 0 Å². The first-order valence-electron chi connectivity index (χ1n) is 26.4. The number of aliphatic hydroxyl groups excluding tert-OH is 11. The molecule has 412 valence electrons. The normalized spacial score (nSPS) is 32.7. The van der Waals surface area contributed by atoms with Crippen LogP contribution in [0.3, 0.4) is 0 Å². The maximum Gasteiger partial charge on any atom is 0.220 e. The van der Waals surface area contributed by atoms with Gasteiger partial charge in [-0.15, -0.1) is 0 Å². The molecule has 0 radical (unpaired) electrons. The predicted molar refractivity (Wildman–Crippen MR) is 263 cm³/mol.